The molecule has 0 fully saturated rings. The molecule has 0 amide bonds. The van der Waals surface area contributed by atoms with Gasteiger partial charge in [-0.05, 0) is 44.8 Å². The van der Waals surface area contributed by atoms with Gasteiger partial charge in [-0.15, -0.1) is 0 Å². The van der Waals surface area contributed by atoms with E-state index in [1.165, 1.54) is 5.56 Å². The van der Waals surface area contributed by atoms with Gasteiger partial charge in [0.1, 0.15) is 11.5 Å². The minimum atomic E-state index is 0.209. The smallest absolute Gasteiger partial charge is 0.191 e. The van der Waals surface area contributed by atoms with Crippen molar-refractivity contribution < 1.29 is 9.47 Å². The van der Waals surface area contributed by atoms with Crippen LogP contribution in [0, 0.1) is 0 Å². The molecule has 6 heteroatoms. The number of nitrogens with zero attached hydrogens (tertiary/aromatic N) is 2. The van der Waals surface area contributed by atoms with Crippen LogP contribution in [-0.2, 0) is 6.54 Å². The molecular formula is C22H32N4O2. The quantitative estimate of drug-likeness (QED) is 0.514. The summed E-state index contributed by atoms with van der Waals surface area (Å²) in [6.07, 6.45) is 0. The molecule has 1 unspecified atom stereocenters. The van der Waals surface area contributed by atoms with Gasteiger partial charge in [-0.1, -0.05) is 30.3 Å². The zero-order valence-electron chi connectivity index (χ0n) is 17.5. The number of hydrogen-bond donors (Lipinski definition) is 2. The number of benzene rings is 2. The lowest BCUT2D eigenvalue weighted by Crippen LogP contribution is -2.41. The number of hydrogen-bond acceptors (Lipinski definition) is 4. The van der Waals surface area contributed by atoms with E-state index in [2.05, 4.69) is 48.7 Å². The van der Waals surface area contributed by atoms with Gasteiger partial charge >= 0.3 is 0 Å². The van der Waals surface area contributed by atoms with Crippen molar-refractivity contribution in [3.8, 4) is 11.5 Å². The van der Waals surface area contributed by atoms with Crippen molar-refractivity contribution in [3.63, 3.8) is 0 Å². The third-order valence-corrected chi connectivity index (χ3v) is 4.53. The van der Waals surface area contributed by atoms with Crippen LogP contribution in [-0.4, -0.2) is 52.3 Å². The molecule has 0 aliphatic heterocycles. The largest absolute Gasteiger partial charge is 0.497 e. The highest BCUT2D eigenvalue weighted by Gasteiger charge is 2.15. The van der Waals surface area contributed by atoms with Crippen LogP contribution in [0.2, 0.25) is 0 Å². The van der Waals surface area contributed by atoms with E-state index in [-0.39, 0.29) is 6.04 Å². The molecule has 1 atom stereocenters. The second-order valence-electron chi connectivity index (χ2n) is 6.64. The third-order valence-electron chi connectivity index (χ3n) is 4.53. The van der Waals surface area contributed by atoms with Crippen LogP contribution in [0.4, 0.5) is 0 Å². The van der Waals surface area contributed by atoms with Gasteiger partial charge in [-0.2, -0.15) is 0 Å². The van der Waals surface area contributed by atoms with Crippen LogP contribution >= 0.6 is 0 Å². The molecule has 0 spiro atoms. The Morgan fingerprint density at radius 1 is 1.00 bits per heavy atom. The van der Waals surface area contributed by atoms with E-state index >= 15 is 0 Å². The minimum absolute atomic E-state index is 0.209. The maximum absolute atomic E-state index is 5.42. The Hall–Kier alpha value is -2.73. The molecule has 2 aromatic rings. The maximum Gasteiger partial charge on any atom is 0.191 e. The summed E-state index contributed by atoms with van der Waals surface area (Å²) in [6, 6.07) is 16.4. The fourth-order valence-corrected chi connectivity index (χ4v) is 2.96. The first-order valence-electron chi connectivity index (χ1n) is 9.53. The van der Waals surface area contributed by atoms with E-state index in [4.69, 9.17) is 14.5 Å². The molecule has 0 saturated heterocycles. The van der Waals surface area contributed by atoms with E-state index in [0.29, 0.717) is 6.54 Å². The predicted octanol–water partition coefficient (Wildman–Crippen LogP) is 3.06. The number of ether oxygens (including phenoxy) is 2. The van der Waals surface area contributed by atoms with E-state index in [1.54, 1.807) is 14.2 Å². The Morgan fingerprint density at radius 3 is 2.32 bits per heavy atom. The van der Waals surface area contributed by atoms with Gasteiger partial charge in [-0.25, -0.2) is 4.99 Å². The average Bonchev–Trinajstić information content (AvgIpc) is 2.72. The van der Waals surface area contributed by atoms with Crippen molar-refractivity contribution in [1.82, 2.24) is 15.5 Å². The fourth-order valence-electron chi connectivity index (χ4n) is 2.96. The molecule has 28 heavy (non-hydrogen) atoms. The van der Waals surface area contributed by atoms with Crippen LogP contribution in [0.25, 0.3) is 0 Å². The van der Waals surface area contributed by atoms with Crippen LogP contribution in [0.1, 0.15) is 24.1 Å². The third kappa shape index (κ3) is 6.16. The topological polar surface area (TPSA) is 58.1 Å². The fraction of sp³-hybridized carbons (Fsp3) is 0.409. The molecule has 0 saturated carbocycles. The SMILES string of the molecule is CCNC(=NCc1ccccc1OC)NCC(c1ccc(OC)cc1)N(C)C. The summed E-state index contributed by atoms with van der Waals surface area (Å²) in [5, 5.41) is 6.78. The van der Waals surface area contributed by atoms with Crippen LogP contribution < -0.4 is 20.1 Å². The summed E-state index contributed by atoms with van der Waals surface area (Å²) < 4.78 is 10.7. The summed E-state index contributed by atoms with van der Waals surface area (Å²) in [5.74, 6) is 2.50. The molecule has 0 radical (unpaired) electrons. The molecule has 6 nitrogen and oxygen atoms in total. The van der Waals surface area contributed by atoms with E-state index in [1.807, 2.05) is 36.4 Å². The van der Waals surface area contributed by atoms with E-state index in [0.717, 1.165) is 36.1 Å². The number of guanidine groups is 1. The minimum Gasteiger partial charge on any atom is -0.497 e. The summed E-state index contributed by atoms with van der Waals surface area (Å²) in [4.78, 5) is 6.91. The summed E-state index contributed by atoms with van der Waals surface area (Å²) >= 11 is 0. The highest BCUT2D eigenvalue weighted by molar-refractivity contribution is 5.79. The van der Waals surface area contributed by atoms with Crippen molar-refractivity contribution in [1.29, 1.82) is 0 Å². The molecule has 2 aromatic carbocycles. The lowest BCUT2D eigenvalue weighted by molar-refractivity contribution is 0.298. The molecule has 0 aliphatic rings. The number of likely N-dealkylation sites (N-methyl/N-ethyl adjacent to an activating group) is 1. The molecule has 2 N–H and O–H groups in total. The molecule has 152 valence electrons. The summed E-state index contributed by atoms with van der Waals surface area (Å²) in [6.45, 7) is 4.14. The lowest BCUT2D eigenvalue weighted by atomic mass is 10.1. The molecule has 0 bridgehead atoms. The molecular weight excluding hydrogens is 352 g/mol. The number of nitrogens with one attached hydrogen (secondary N) is 2. The zero-order valence-corrected chi connectivity index (χ0v) is 17.5. The van der Waals surface area contributed by atoms with Gasteiger partial charge in [-0.3, -0.25) is 0 Å². The Kier molecular flexibility index (Phi) is 8.62. The number of rotatable bonds is 9. The molecule has 0 aromatic heterocycles. The van der Waals surface area contributed by atoms with Crippen molar-refractivity contribution in [2.24, 2.45) is 4.99 Å². The van der Waals surface area contributed by atoms with Gasteiger partial charge in [0, 0.05) is 18.7 Å². The van der Waals surface area contributed by atoms with Crippen LogP contribution in [0.15, 0.2) is 53.5 Å². The number of aliphatic imine (C=N–C) groups is 1. The molecule has 0 aliphatic carbocycles. The zero-order chi connectivity index (χ0) is 20.4. The monoisotopic (exact) mass is 384 g/mol. The van der Waals surface area contributed by atoms with Crippen molar-refractivity contribution in [2.75, 3.05) is 41.4 Å². The van der Waals surface area contributed by atoms with Crippen molar-refractivity contribution in [3.05, 3.63) is 59.7 Å². The highest BCUT2D eigenvalue weighted by Crippen LogP contribution is 2.21. The van der Waals surface area contributed by atoms with Crippen LogP contribution in [0.5, 0.6) is 11.5 Å². The Balaban J connectivity index is 2.08. The van der Waals surface area contributed by atoms with Gasteiger partial charge in [0.15, 0.2) is 5.96 Å². The Labute approximate surface area is 168 Å². The average molecular weight is 385 g/mol. The van der Waals surface area contributed by atoms with Crippen molar-refractivity contribution >= 4 is 5.96 Å². The second-order valence-corrected chi connectivity index (χ2v) is 6.64. The van der Waals surface area contributed by atoms with E-state index in [9.17, 15) is 0 Å². The van der Waals surface area contributed by atoms with Gasteiger partial charge in [0.05, 0.1) is 26.8 Å². The van der Waals surface area contributed by atoms with Gasteiger partial charge in [0.2, 0.25) is 0 Å². The second kappa shape index (κ2) is 11.2. The Morgan fingerprint density at radius 2 is 1.71 bits per heavy atom. The lowest BCUT2D eigenvalue weighted by Gasteiger charge is -2.26. The summed E-state index contributed by atoms with van der Waals surface area (Å²) in [5.41, 5.74) is 2.28. The van der Waals surface area contributed by atoms with Crippen LogP contribution in [0.3, 0.4) is 0 Å². The maximum atomic E-state index is 5.42. The first-order valence-corrected chi connectivity index (χ1v) is 9.53. The normalized spacial score (nSPS) is 12.6. The molecule has 2 rings (SSSR count). The summed E-state index contributed by atoms with van der Waals surface area (Å²) in [7, 11) is 7.52. The van der Waals surface area contributed by atoms with E-state index < -0.39 is 0 Å². The highest BCUT2D eigenvalue weighted by atomic mass is 16.5. The Bertz CT molecular complexity index is 744. The predicted molar refractivity (Wildman–Crippen MR) is 115 cm³/mol. The number of methoxy groups -OCH3 is 2. The first-order chi connectivity index (χ1) is 13.6. The standard InChI is InChI=1S/C22H32N4O2/c1-6-23-22(24-15-18-9-7-8-10-21(18)28-5)25-16-20(26(2)3)17-11-13-19(27-4)14-12-17/h7-14,20H,6,15-16H2,1-5H3,(H2,23,24,25). The van der Waals surface area contributed by atoms with Crippen molar-refractivity contribution in [2.45, 2.75) is 19.5 Å². The first kappa shape index (κ1) is 21.6. The number of para-hydroxylation sites is 1. The molecule has 0 heterocycles. The van der Waals surface area contributed by atoms with Gasteiger partial charge < -0.3 is 25.0 Å². The van der Waals surface area contributed by atoms with Gasteiger partial charge in [0.25, 0.3) is 0 Å².